The van der Waals surface area contributed by atoms with Crippen LogP contribution in [-0.2, 0) is 32.0 Å². The number of nitrogens with one attached hydrogen (secondary N) is 1. The van der Waals surface area contributed by atoms with Crippen LogP contribution >= 0.6 is 12.2 Å². The minimum absolute atomic E-state index is 0.0142. The molecule has 0 aromatic heterocycles. The van der Waals surface area contributed by atoms with Gasteiger partial charge in [-0.05, 0) is 73.5 Å². The Balaban J connectivity index is 2.03. The fourth-order valence-corrected chi connectivity index (χ4v) is 3.91. The molecule has 9 heteroatoms. The highest BCUT2D eigenvalue weighted by Gasteiger charge is 2.34. The van der Waals surface area contributed by atoms with Crippen molar-refractivity contribution in [2.24, 2.45) is 0 Å². The number of hydrogen-bond acceptors (Lipinski definition) is 7. The number of esters is 1. The number of rotatable bonds is 10. The van der Waals surface area contributed by atoms with E-state index in [1.165, 1.54) is 18.1 Å². The van der Waals surface area contributed by atoms with E-state index in [0.29, 0.717) is 41.3 Å². The Morgan fingerprint density at radius 1 is 1.14 bits per heavy atom. The number of carbonyl (C=O) groups is 3. The molecule has 2 amide bonds. The zero-order valence-electron chi connectivity index (χ0n) is 20.5. The predicted molar refractivity (Wildman–Crippen MR) is 141 cm³/mol. The van der Waals surface area contributed by atoms with E-state index in [2.05, 4.69) is 16.6 Å². The molecule has 3 rings (SSSR count). The molecule has 0 saturated carbocycles. The van der Waals surface area contributed by atoms with Crippen molar-refractivity contribution < 1.29 is 28.6 Å². The lowest BCUT2D eigenvalue weighted by atomic mass is 10.0. The largest absolute Gasteiger partial charge is 0.490 e. The van der Waals surface area contributed by atoms with Gasteiger partial charge in [0.25, 0.3) is 11.8 Å². The molecule has 1 saturated heterocycles. The lowest BCUT2D eigenvalue weighted by Crippen LogP contribution is -2.54. The third-order valence-electron chi connectivity index (χ3n) is 5.40. The SMILES string of the molecule is C=CCc1cc(/C=C2\C(=O)NC(=S)N(c3ccc(CC)cc3)C2=O)cc(OCC)c1OCC(=O)OC. The molecule has 36 heavy (non-hydrogen) atoms. The number of methoxy groups -OCH3 is 1. The third kappa shape index (κ3) is 5.98. The first-order valence-corrected chi connectivity index (χ1v) is 11.8. The quantitative estimate of drug-likeness (QED) is 0.172. The maximum atomic E-state index is 13.4. The lowest BCUT2D eigenvalue weighted by molar-refractivity contribution is -0.143. The van der Waals surface area contributed by atoms with Gasteiger partial charge in [0.2, 0.25) is 0 Å². The summed E-state index contributed by atoms with van der Waals surface area (Å²) in [7, 11) is 1.27. The summed E-state index contributed by atoms with van der Waals surface area (Å²) in [5, 5.41) is 2.61. The zero-order chi connectivity index (χ0) is 26.2. The van der Waals surface area contributed by atoms with Gasteiger partial charge in [-0.25, -0.2) is 4.79 Å². The van der Waals surface area contributed by atoms with Crippen LogP contribution in [0.5, 0.6) is 11.5 Å². The summed E-state index contributed by atoms with van der Waals surface area (Å²) < 4.78 is 16.1. The van der Waals surface area contributed by atoms with Gasteiger partial charge in [-0.1, -0.05) is 25.1 Å². The fourth-order valence-electron chi connectivity index (χ4n) is 3.63. The molecule has 1 aliphatic heterocycles. The Labute approximate surface area is 215 Å². The van der Waals surface area contributed by atoms with E-state index < -0.39 is 17.8 Å². The van der Waals surface area contributed by atoms with Crippen LogP contribution in [0.25, 0.3) is 6.08 Å². The fraction of sp³-hybridized carbons (Fsp3) is 0.259. The number of benzene rings is 2. The van der Waals surface area contributed by atoms with Crippen LogP contribution in [0.1, 0.15) is 30.5 Å². The van der Waals surface area contributed by atoms with Crippen LogP contribution in [0.4, 0.5) is 5.69 Å². The van der Waals surface area contributed by atoms with Crippen molar-refractivity contribution in [1.82, 2.24) is 5.32 Å². The average molecular weight is 509 g/mol. The predicted octanol–water partition coefficient (Wildman–Crippen LogP) is 3.76. The molecule has 0 atom stereocenters. The first-order chi connectivity index (χ1) is 17.3. The average Bonchev–Trinajstić information content (AvgIpc) is 2.86. The molecule has 2 aromatic rings. The number of anilines is 1. The van der Waals surface area contributed by atoms with E-state index in [1.54, 1.807) is 30.3 Å². The second-order valence-corrected chi connectivity index (χ2v) is 8.16. The molecule has 8 nitrogen and oxygen atoms in total. The summed E-state index contributed by atoms with van der Waals surface area (Å²) in [5.41, 5.74) is 2.79. The molecule has 0 aliphatic carbocycles. The normalized spacial score (nSPS) is 14.5. The van der Waals surface area contributed by atoms with Gasteiger partial charge in [0.15, 0.2) is 23.2 Å². The Morgan fingerprint density at radius 3 is 2.47 bits per heavy atom. The summed E-state index contributed by atoms with van der Waals surface area (Å²) in [6.45, 7) is 7.65. The highest BCUT2D eigenvalue weighted by atomic mass is 32.1. The number of nitrogens with zero attached hydrogens (tertiary/aromatic N) is 1. The maximum Gasteiger partial charge on any atom is 0.343 e. The number of aryl methyl sites for hydroxylation is 1. The smallest absolute Gasteiger partial charge is 0.343 e. The zero-order valence-corrected chi connectivity index (χ0v) is 21.3. The van der Waals surface area contributed by atoms with Crippen molar-refractivity contribution in [3.05, 3.63) is 71.3 Å². The van der Waals surface area contributed by atoms with Gasteiger partial charge in [0, 0.05) is 5.56 Å². The first-order valence-electron chi connectivity index (χ1n) is 11.4. The standard InChI is InChI=1S/C27H28N2O6S/c1-5-8-19-13-18(15-22(34-7-3)24(19)35-16-23(30)33-4)14-21-25(31)28-27(36)29(26(21)32)20-11-9-17(6-2)10-12-20/h5,9-15H,1,6-8,16H2,2-4H3,(H,28,31,36)/b21-14+. The Morgan fingerprint density at radius 2 is 1.86 bits per heavy atom. The van der Waals surface area contributed by atoms with Crippen LogP contribution in [0, 0.1) is 0 Å². The van der Waals surface area contributed by atoms with Crippen molar-refractivity contribution >= 4 is 46.9 Å². The molecule has 0 spiro atoms. The third-order valence-corrected chi connectivity index (χ3v) is 5.68. The molecule has 1 heterocycles. The number of hydrogen-bond donors (Lipinski definition) is 1. The summed E-state index contributed by atoms with van der Waals surface area (Å²) in [6, 6.07) is 10.8. The van der Waals surface area contributed by atoms with Gasteiger partial charge >= 0.3 is 5.97 Å². The van der Waals surface area contributed by atoms with E-state index in [0.717, 1.165) is 12.0 Å². The summed E-state index contributed by atoms with van der Waals surface area (Å²) in [4.78, 5) is 39.1. The molecule has 2 aromatic carbocycles. The highest BCUT2D eigenvalue weighted by molar-refractivity contribution is 7.80. The van der Waals surface area contributed by atoms with Crippen LogP contribution in [0.15, 0.2) is 54.6 Å². The summed E-state index contributed by atoms with van der Waals surface area (Å²) in [5.74, 6) is -0.954. The monoisotopic (exact) mass is 508 g/mol. The maximum absolute atomic E-state index is 13.4. The molecule has 1 aliphatic rings. The number of thiocarbonyl (C=S) groups is 1. The number of amides is 2. The number of allylic oxidation sites excluding steroid dienone is 1. The molecule has 188 valence electrons. The summed E-state index contributed by atoms with van der Waals surface area (Å²) in [6.07, 6.45) is 4.40. The topological polar surface area (TPSA) is 94.2 Å². The number of ether oxygens (including phenoxy) is 3. The van der Waals surface area contributed by atoms with Crippen molar-refractivity contribution in [2.75, 3.05) is 25.2 Å². The second-order valence-electron chi connectivity index (χ2n) is 7.78. The van der Waals surface area contributed by atoms with Gasteiger partial charge < -0.3 is 14.2 Å². The molecule has 0 unspecified atom stereocenters. The molecule has 1 fully saturated rings. The Hall–Kier alpha value is -3.98. The van der Waals surface area contributed by atoms with Gasteiger partial charge in [-0.15, -0.1) is 6.58 Å². The van der Waals surface area contributed by atoms with Crippen molar-refractivity contribution in [2.45, 2.75) is 26.7 Å². The van der Waals surface area contributed by atoms with Crippen LogP contribution in [0.3, 0.4) is 0 Å². The van der Waals surface area contributed by atoms with Gasteiger partial charge in [-0.2, -0.15) is 0 Å². The molecule has 0 radical (unpaired) electrons. The van der Waals surface area contributed by atoms with Crippen molar-refractivity contribution in [1.29, 1.82) is 0 Å². The first kappa shape index (κ1) is 26.6. The Bertz CT molecular complexity index is 1220. The molecular formula is C27H28N2O6S. The van der Waals surface area contributed by atoms with E-state index in [1.807, 2.05) is 26.0 Å². The lowest BCUT2D eigenvalue weighted by Gasteiger charge is -2.29. The van der Waals surface area contributed by atoms with E-state index >= 15 is 0 Å². The number of carbonyl (C=O) groups excluding carboxylic acids is 3. The molecule has 0 bridgehead atoms. The van der Waals surface area contributed by atoms with Crippen LogP contribution in [-0.4, -0.2) is 43.2 Å². The minimum atomic E-state index is -0.597. The van der Waals surface area contributed by atoms with Gasteiger partial charge in [0.1, 0.15) is 5.57 Å². The highest BCUT2D eigenvalue weighted by Crippen LogP contribution is 2.35. The second kappa shape index (κ2) is 12.1. The van der Waals surface area contributed by atoms with E-state index in [-0.39, 0.29) is 17.3 Å². The van der Waals surface area contributed by atoms with E-state index in [9.17, 15) is 14.4 Å². The van der Waals surface area contributed by atoms with Gasteiger partial charge in [0.05, 0.1) is 19.4 Å². The van der Waals surface area contributed by atoms with Crippen LogP contribution < -0.4 is 19.7 Å². The minimum Gasteiger partial charge on any atom is -0.490 e. The molecule has 1 N–H and O–H groups in total. The van der Waals surface area contributed by atoms with Crippen molar-refractivity contribution in [3.8, 4) is 11.5 Å². The van der Waals surface area contributed by atoms with Crippen molar-refractivity contribution in [3.63, 3.8) is 0 Å². The Kier molecular flexibility index (Phi) is 8.97. The summed E-state index contributed by atoms with van der Waals surface area (Å²) >= 11 is 5.29. The van der Waals surface area contributed by atoms with Crippen LogP contribution in [0.2, 0.25) is 0 Å². The molecular weight excluding hydrogens is 480 g/mol. The van der Waals surface area contributed by atoms with E-state index in [4.69, 9.17) is 21.7 Å². The van der Waals surface area contributed by atoms with Gasteiger partial charge in [-0.3, -0.25) is 19.8 Å².